The molecule has 0 bridgehead atoms. The molecule has 2 aliphatic rings. The van der Waals surface area contributed by atoms with E-state index in [9.17, 15) is 9.59 Å². The van der Waals surface area contributed by atoms with Crippen molar-refractivity contribution in [1.29, 1.82) is 0 Å². The van der Waals surface area contributed by atoms with Crippen molar-refractivity contribution in [3.63, 3.8) is 0 Å². The average molecular weight is 287 g/mol. The smallest absolute Gasteiger partial charge is 0.408 e. The van der Waals surface area contributed by atoms with E-state index in [2.05, 4.69) is 15.2 Å². The van der Waals surface area contributed by atoms with Gasteiger partial charge in [0.05, 0.1) is 5.52 Å². The van der Waals surface area contributed by atoms with Crippen LogP contribution in [0.4, 0.5) is 0 Å². The Hall–Kier alpha value is -2.08. The van der Waals surface area contributed by atoms with Crippen LogP contribution in [-0.2, 0) is 0 Å². The number of carbonyl (C=O) groups is 1. The van der Waals surface area contributed by atoms with E-state index in [0.29, 0.717) is 16.7 Å². The molecule has 4 rings (SSSR count). The second kappa shape index (κ2) is 4.73. The van der Waals surface area contributed by atoms with Gasteiger partial charge in [-0.3, -0.25) is 14.7 Å². The van der Waals surface area contributed by atoms with E-state index in [-0.39, 0.29) is 11.9 Å². The summed E-state index contributed by atoms with van der Waals surface area (Å²) >= 11 is 0. The third kappa shape index (κ3) is 2.47. The fraction of sp³-hybridized carbons (Fsp3) is 0.467. The van der Waals surface area contributed by atoms with Gasteiger partial charge in [-0.15, -0.1) is 0 Å². The Morgan fingerprint density at radius 3 is 3.00 bits per heavy atom. The number of oxazole rings is 1. The fourth-order valence-corrected chi connectivity index (χ4v) is 3.03. The molecule has 1 aromatic carbocycles. The number of carbonyl (C=O) groups excluding carboxylic acids is 1. The first-order valence-corrected chi connectivity index (χ1v) is 7.37. The van der Waals surface area contributed by atoms with E-state index in [0.717, 1.165) is 25.6 Å². The van der Waals surface area contributed by atoms with E-state index >= 15 is 0 Å². The number of nitrogens with zero attached hydrogens (tertiary/aromatic N) is 1. The van der Waals surface area contributed by atoms with Crippen LogP contribution in [0.15, 0.2) is 27.4 Å². The van der Waals surface area contributed by atoms with Gasteiger partial charge in [0.25, 0.3) is 5.91 Å². The van der Waals surface area contributed by atoms with Crippen molar-refractivity contribution >= 4 is 17.0 Å². The highest BCUT2D eigenvalue weighted by Gasteiger charge is 2.34. The van der Waals surface area contributed by atoms with Crippen LogP contribution in [-0.4, -0.2) is 41.0 Å². The zero-order valence-electron chi connectivity index (χ0n) is 11.6. The summed E-state index contributed by atoms with van der Waals surface area (Å²) in [6.07, 6.45) is 3.59. The van der Waals surface area contributed by atoms with Gasteiger partial charge in [-0.2, -0.15) is 0 Å². The number of aromatic amines is 1. The van der Waals surface area contributed by atoms with Crippen molar-refractivity contribution in [1.82, 2.24) is 15.2 Å². The maximum absolute atomic E-state index is 12.3. The van der Waals surface area contributed by atoms with Crippen molar-refractivity contribution < 1.29 is 9.21 Å². The summed E-state index contributed by atoms with van der Waals surface area (Å²) in [5.74, 6) is -0.609. The Bertz CT molecular complexity index is 744. The maximum Gasteiger partial charge on any atom is 0.417 e. The molecule has 0 unspecified atom stereocenters. The third-order valence-electron chi connectivity index (χ3n) is 4.30. The molecular weight excluding hydrogens is 270 g/mol. The number of hydrogen-bond acceptors (Lipinski definition) is 4. The minimum Gasteiger partial charge on any atom is -0.408 e. The summed E-state index contributed by atoms with van der Waals surface area (Å²) in [5.41, 5.74) is 1.55. The van der Waals surface area contributed by atoms with Gasteiger partial charge in [0.15, 0.2) is 5.58 Å². The number of fused-ring (bicyclic) bond motifs is 1. The van der Waals surface area contributed by atoms with E-state index in [1.54, 1.807) is 18.2 Å². The average Bonchev–Trinajstić information content (AvgIpc) is 3.09. The Kier molecular flexibility index (Phi) is 2.85. The van der Waals surface area contributed by atoms with E-state index < -0.39 is 5.76 Å². The van der Waals surface area contributed by atoms with Gasteiger partial charge in [0, 0.05) is 30.7 Å². The third-order valence-corrected chi connectivity index (χ3v) is 4.30. The molecule has 6 nitrogen and oxygen atoms in total. The second-order valence-electron chi connectivity index (χ2n) is 5.91. The minimum absolute atomic E-state index is 0.108. The number of hydrogen-bond donors (Lipinski definition) is 2. The summed E-state index contributed by atoms with van der Waals surface area (Å²) in [6.45, 7) is 2.01. The Balaban J connectivity index is 1.46. The monoisotopic (exact) mass is 287 g/mol. The lowest BCUT2D eigenvalue weighted by Gasteiger charge is -2.15. The Labute approximate surface area is 121 Å². The van der Waals surface area contributed by atoms with E-state index in [4.69, 9.17) is 4.42 Å². The lowest BCUT2D eigenvalue weighted by Crippen LogP contribution is -2.37. The lowest BCUT2D eigenvalue weighted by molar-refractivity contribution is 0.0937. The van der Waals surface area contributed by atoms with Crippen LogP contribution in [0.5, 0.6) is 0 Å². The molecule has 2 N–H and O–H groups in total. The van der Waals surface area contributed by atoms with Crippen molar-refractivity contribution in [3.05, 3.63) is 34.3 Å². The second-order valence-corrected chi connectivity index (χ2v) is 5.91. The van der Waals surface area contributed by atoms with Crippen LogP contribution < -0.4 is 11.1 Å². The number of nitrogens with one attached hydrogen (secondary N) is 2. The first kappa shape index (κ1) is 12.6. The standard InChI is InChI=1S/C15H17N3O3/c19-14(16-10-5-6-18(8-10)11-2-3-11)9-1-4-12-13(7-9)21-15(20)17-12/h1,4,7,10-11H,2-3,5-6,8H2,(H,16,19)(H,17,20)/t10-/m0/s1. The van der Waals surface area contributed by atoms with Crippen molar-refractivity contribution in [2.75, 3.05) is 13.1 Å². The zero-order chi connectivity index (χ0) is 14.4. The number of amides is 1. The van der Waals surface area contributed by atoms with Crippen LogP contribution in [0.2, 0.25) is 0 Å². The number of rotatable bonds is 3. The predicted molar refractivity (Wildman–Crippen MR) is 77.3 cm³/mol. The summed E-state index contributed by atoms with van der Waals surface area (Å²) < 4.78 is 4.99. The molecule has 1 aliphatic carbocycles. The van der Waals surface area contributed by atoms with Gasteiger partial charge in [-0.25, -0.2) is 4.79 Å². The van der Waals surface area contributed by atoms with Gasteiger partial charge < -0.3 is 9.73 Å². The summed E-state index contributed by atoms with van der Waals surface area (Å²) in [7, 11) is 0. The van der Waals surface area contributed by atoms with E-state index in [1.165, 1.54) is 12.8 Å². The number of benzene rings is 1. The van der Waals surface area contributed by atoms with Gasteiger partial charge in [-0.05, 0) is 37.5 Å². The number of aromatic nitrogens is 1. The molecule has 1 aliphatic heterocycles. The zero-order valence-corrected chi connectivity index (χ0v) is 11.6. The topological polar surface area (TPSA) is 78.3 Å². The molecule has 2 fully saturated rings. The summed E-state index contributed by atoms with van der Waals surface area (Å²) in [4.78, 5) is 28.4. The van der Waals surface area contributed by atoms with Crippen LogP contribution in [0.3, 0.4) is 0 Å². The Morgan fingerprint density at radius 2 is 2.19 bits per heavy atom. The quantitative estimate of drug-likeness (QED) is 0.885. The maximum atomic E-state index is 12.3. The van der Waals surface area contributed by atoms with Gasteiger partial charge >= 0.3 is 5.76 Å². The molecule has 1 atom stereocenters. The summed E-state index contributed by atoms with van der Waals surface area (Å²) in [6, 6.07) is 5.97. The molecule has 0 spiro atoms. The predicted octanol–water partition coefficient (Wildman–Crippen LogP) is 1.09. The molecular formula is C15H17N3O3. The fourth-order valence-electron chi connectivity index (χ4n) is 3.03. The molecule has 6 heteroatoms. The highest BCUT2D eigenvalue weighted by molar-refractivity contribution is 5.97. The number of likely N-dealkylation sites (tertiary alicyclic amines) is 1. The molecule has 0 radical (unpaired) electrons. The van der Waals surface area contributed by atoms with Gasteiger partial charge in [0.2, 0.25) is 0 Å². The van der Waals surface area contributed by atoms with Gasteiger partial charge in [-0.1, -0.05) is 0 Å². The summed E-state index contributed by atoms with van der Waals surface area (Å²) in [5, 5.41) is 3.07. The van der Waals surface area contributed by atoms with Crippen LogP contribution >= 0.6 is 0 Å². The molecule has 1 saturated carbocycles. The molecule has 1 aromatic heterocycles. The first-order chi connectivity index (χ1) is 10.2. The molecule has 2 heterocycles. The molecule has 1 saturated heterocycles. The Morgan fingerprint density at radius 1 is 1.33 bits per heavy atom. The SMILES string of the molecule is O=C(N[C@H]1CCN(C2CC2)C1)c1ccc2[nH]c(=O)oc2c1. The largest absolute Gasteiger partial charge is 0.417 e. The molecule has 110 valence electrons. The first-order valence-electron chi connectivity index (χ1n) is 7.37. The highest BCUT2D eigenvalue weighted by Crippen LogP contribution is 2.29. The molecule has 1 amide bonds. The van der Waals surface area contributed by atoms with Gasteiger partial charge in [0.1, 0.15) is 0 Å². The normalized spacial score (nSPS) is 22.8. The van der Waals surface area contributed by atoms with Crippen LogP contribution in [0.1, 0.15) is 29.6 Å². The van der Waals surface area contributed by atoms with Crippen LogP contribution in [0.25, 0.3) is 11.1 Å². The highest BCUT2D eigenvalue weighted by atomic mass is 16.4. The van der Waals surface area contributed by atoms with Crippen molar-refractivity contribution in [2.45, 2.75) is 31.3 Å². The molecule has 21 heavy (non-hydrogen) atoms. The van der Waals surface area contributed by atoms with Crippen molar-refractivity contribution in [3.8, 4) is 0 Å². The molecule has 2 aromatic rings. The minimum atomic E-state index is -0.501. The van der Waals surface area contributed by atoms with E-state index in [1.807, 2.05) is 0 Å². The van der Waals surface area contributed by atoms with Crippen molar-refractivity contribution in [2.24, 2.45) is 0 Å². The number of H-pyrrole nitrogens is 1. The lowest BCUT2D eigenvalue weighted by atomic mass is 10.1. The van der Waals surface area contributed by atoms with Crippen LogP contribution in [0, 0.1) is 0 Å².